The Hall–Kier alpha value is -1.24. The zero-order chi connectivity index (χ0) is 11.4. The maximum absolute atomic E-state index is 4.22. The molecule has 2 aromatic heterocycles. The van der Waals surface area contributed by atoms with Crippen molar-refractivity contribution in [2.45, 2.75) is 31.8 Å². The Morgan fingerprint density at radius 3 is 3.00 bits per heavy atom. The number of aromatic nitrogens is 6. The SMILES string of the molecule is CCCn1ncnc1Cn1cc(CBr)nn1. The highest BCUT2D eigenvalue weighted by atomic mass is 79.9. The first-order valence-electron chi connectivity index (χ1n) is 5.15. The third kappa shape index (κ3) is 2.46. The van der Waals surface area contributed by atoms with E-state index in [9.17, 15) is 0 Å². The van der Waals surface area contributed by atoms with Gasteiger partial charge in [-0.3, -0.25) is 0 Å². The second-order valence-electron chi connectivity index (χ2n) is 3.44. The molecule has 7 heteroatoms. The molecule has 0 saturated carbocycles. The van der Waals surface area contributed by atoms with Gasteiger partial charge in [0, 0.05) is 18.1 Å². The molecule has 16 heavy (non-hydrogen) atoms. The highest BCUT2D eigenvalue weighted by Gasteiger charge is 2.06. The van der Waals surface area contributed by atoms with E-state index in [4.69, 9.17) is 0 Å². The molecule has 0 radical (unpaired) electrons. The van der Waals surface area contributed by atoms with Crippen molar-refractivity contribution >= 4 is 15.9 Å². The van der Waals surface area contributed by atoms with E-state index in [1.165, 1.54) is 0 Å². The van der Waals surface area contributed by atoms with Crippen molar-refractivity contribution in [2.24, 2.45) is 0 Å². The highest BCUT2D eigenvalue weighted by molar-refractivity contribution is 9.08. The van der Waals surface area contributed by atoms with Gasteiger partial charge in [-0.25, -0.2) is 14.3 Å². The molecule has 2 aromatic rings. The molecule has 0 aliphatic carbocycles. The number of rotatable bonds is 5. The Bertz CT molecular complexity index is 448. The standard InChI is InChI=1S/C9H13BrN6/c1-2-3-16-9(11-7-12-16)6-15-5-8(4-10)13-14-15/h5,7H,2-4,6H2,1H3. The fraction of sp³-hybridized carbons (Fsp3) is 0.556. The molecular formula is C9H13BrN6. The summed E-state index contributed by atoms with van der Waals surface area (Å²) in [6.07, 6.45) is 4.52. The van der Waals surface area contributed by atoms with Crippen LogP contribution in [0.1, 0.15) is 24.9 Å². The van der Waals surface area contributed by atoms with Gasteiger partial charge in [0.05, 0.1) is 5.69 Å². The van der Waals surface area contributed by atoms with Crippen molar-refractivity contribution < 1.29 is 0 Å². The molecule has 0 unspecified atom stereocenters. The Morgan fingerprint density at radius 2 is 2.31 bits per heavy atom. The van der Waals surface area contributed by atoms with Crippen molar-refractivity contribution in [1.82, 2.24) is 29.8 Å². The van der Waals surface area contributed by atoms with Crippen molar-refractivity contribution in [1.29, 1.82) is 0 Å². The molecule has 0 aliphatic heterocycles. The summed E-state index contributed by atoms with van der Waals surface area (Å²) in [6, 6.07) is 0. The zero-order valence-corrected chi connectivity index (χ0v) is 10.6. The van der Waals surface area contributed by atoms with Gasteiger partial charge in [0.25, 0.3) is 0 Å². The lowest BCUT2D eigenvalue weighted by Gasteiger charge is -2.03. The van der Waals surface area contributed by atoms with Crippen molar-refractivity contribution in [3.8, 4) is 0 Å². The minimum Gasteiger partial charge on any atom is -0.248 e. The lowest BCUT2D eigenvalue weighted by atomic mass is 10.4. The third-order valence-corrected chi connectivity index (χ3v) is 2.73. The second kappa shape index (κ2) is 5.20. The van der Waals surface area contributed by atoms with Crippen LogP contribution in [-0.2, 0) is 18.4 Å². The van der Waals surface area contributed by atoms with E-state index >= 15 is 0 Å². The summed E-state index contributed by atoms with van der Waals surface area (Å²) in [5, 5.41) is 12.9. The van der Waals surface area contributed by atoms with Crippen LogP contribution in [0.4, 0.5) is 0 Å². The van der Waals surface area contributed by atoms with E-state index in [0.717, 1.165) is 24.5 Å². The van der Waals surface area contributed by atoms with Gasteiger partial charge in [-0.15, -0.1) is 5.10 Å². The van der Waals surface area contributed by atoms with Gasteiger partial charge in [-0.2, -0.15) is 5.10 Å². The Morgan fingerprint density at radius 1 is 1.44 bits per heavy atom. The monoisotopic (exact) mass is 284 g/mol. The number of alkyl halides is 1. The van der Waals surface area contributed by atoms with E-state index in [-0.39, 0.29) is 0 Å². The van der Waals surface area contributed by atoms with Crippen molar-refractivity contribution in [2.75, 3.05) is 0 Å². The molecule has 2 rings (SSSR count). The van der Waals surface area contributed by atoms with Crippen LogP contribution in [0.2, 0.25) is 0 Å². The van der Waals surface area contributed by atoms with E-state index in [2.05, 4.69) is 43.2 Å². The Labute approximate surface area is 102 Å². The molecule has 2 heterocycles. The first-order chi connectivity index (χ1) is 7.83. The molecule has 0 N–H and O–H groups in total. The largest absolute Gasteiger partial charge is 0.248 e. The third-order valence-electron chi connectivity index (χ3n) is 2.16. The number of nitrogens with zero attached hydrogens (tertiary/aromatic N) is 6. The highest BCUT2D eigenvalue weighted by Crippen LogP contribution is 2.02. The average molecular weight is 285 g/mol. The first kappa shape index (κ1) is 11.3. The normalized spacial score (nSPS) is 10.9. The summed E-state index contributed by atoms with van der Waals surface area (Å²) in [5.74, 6) is 0.910. The predicted octanol–water partition coefficient (Wildman–Crippen LogP) is 1.22. The summed E-state index contributed by atoms with van der Waals surface area (Å²) >= 11 is 3.34. The van der Waals surface area contributed by atoms with E-state index < -0.39 is 0 Å². The van der Waals surface area contributed by atoms with E-state index in [1.54, 1.807) is 11.0 Å². The first-order valence-corrected chi connectivity index (χ1v) is 6.27. The Kier molecular flexibility index (Phi) is 3.66. The number of hydrogen-bond donors (Lipinski definition) is 0. The quantitative estimate of drug-likeness (QED) is 0.775. The molecule has 0 atom stereocenters. The van der Waals surface area contributed by atoms with Crippen LogP contribution in [0.3, 0.4) is 0 Å². The van der Waals surface area contributed by atoms with Crippen LogP contribution >= 0.6 is 15.9 Å². The molecule has 0 saturated heterocycles. The minimum atomic E-state index is 0.611. The van der Waals surface area contributed by atoms with Crippen LogP contribution in [0.5, 0.6) is 0 Å². The molecule has 0 bridgehead atoms. The summed E-state index contributed by atoms with van der Waals surface area (Å²) in [6.45, 7) is 3.61. The van der Waals surface area contributed by atoms with Crippen LogP contribution in [0.15, 0.2) is 12.5 Å². The second-order valence-corrected chi connectivity index (χ2v) is 4.00. The van der Waals surface area contributed by atoms with Crippen LogP contribution in [-0.4, -0.2) is 29.8 Å². The molecule has 0 fully saturated rings. The number of halogens is 1. The molecule has 0 aliphatic rings. The minimum absolute atomic E-state index is 0.611. The Balaban J connectivity index is 2.10. The van der Waals surface area contributed by atoms with Gasteiger partial charge in [-0.1, -0.05) is 28.1 Å². The summed E-state index contributed by atoms with van der Waals surface area (Å²) in [5.41, 5.74) is 0.918. The van der Waals surface area contributed by atoms with Crippen molar-refractivity contribution in [3.05, 3.63) is 24.0 Å². The summed E-state index contributed by atoms with van der Waals surface area (Å²) < 4.78 is 3.67. The van der Waals surface area contributed by atoms with Gasteiger partial charge < -0.3 is 0 Å². The summed E-state index contributed by atoms with van der Waals surface area (Å²) in [4.78, 5) is 4.22. The zero-order valence-electron chi connectivity index (χ0n) is 9.04. The molecule has 0 aromatic carbocycles. The van der Waals surface area contributed by atoms with E-state index in [0.29, 0.717) is 11.9 Å². The number of hydrogen-bond acceptors (Lipinski definition) is 4. The molecule has 6 nitrogen and oxygen atoms in total. The van der Waals surface area contributed by atoms with E-state index in [1.807, 2.05) is 10.9 Å². The lowest BCUT2D eigenvalue weighted by molar-refractivity contribution is 0.532. The van der Waals surface area contributed by atoms with Crippen LogP contribution in [0.25, 0.3) is 0 Å². The molecule has 0 spiro atoms. The lowest BCUT2D eigenvalue weighted by Crippen LogP contribution is -2.10. The molecule has 86 valence electrons. The number of aryl methyl sites for hydroxylation is 1. The van der Waals surface area contributed by atoms with Crippen LogP contribution in [0, 0.1) is 0 Å². The summed E-state index contributed by atoms with van der Waals surface area (Å²) in [7, 11) is 0. The van der Waals surface area contributed by atoms with Gasteiger partial charge in [-0.05, 0) is 6.42 Å². The van der Waals surface area contributed by atoms with Gasteiger partial charge in [0.2, 0.25) is 0 Å². The fourth-order valence-corrected chi connectivity index (χ4v) is 1.69. The maximum atomic E-state index is 4.22. The van der Waals surface area contributed by atoms with Gasteiger partial charge in [0.1, 0.15) is 18.7 Å². The average Bonchev–Trinajstić information content (AvgIpc) is 2.90. The van der Waals surface area contributed by atoms with Crippen LogP contribution < -0.4 is 0 Å². The maximum Gasteiger partial charge on any atom is 0.148 e. The fourth-order valence-electron chi connectivity index (χ4n) is 1.43. The molecular weight excluding hydrogens is 272 g/mol. The van der Waals surface area contributed by atoms with Gasteiger partial charge in [0.15, 0.2) is 0 Å². The topological polar surface area (TPSA) is 61.4 Å². The van der Waals surface area contributed by atoms with Gasteiger partial charge >= 0.3 is 0 Å². The molecule has 0 amide bonds. The smallest absolute Gasteiger partial charge is 0.148 e. The predicted molar refractivity (Wildman–Crippen MR) is 62.1 cm³/mol. The van der Waals surface area contributed by atoms with Crippen molar-refractivity contribution in [3.63, 3.8) is 0 Å².